The van der Waals surface area contributed by atoms with E-state index in [0.29, 0.717) is 5.30 Å². The third kappa shape index (κ3) is 2.95. The summed E-state index contributed by atoms with van der Waals surface area (Å²) in [5.41, 5.74) is 0.867. The third-order valence-corrected chi connectivity index (χ3v) is 2.24. The van der Waals surface area contributed by atoms with Crippen LogP contribution in [0.15, 0.2) is 24.3 Å². The summed E-state index contributed by atoms with van der Waals surface area (Å²) < 4.78 is 10.6. The zero-order valence-electron chi connectivity index (χ0n) is 6.11. The van der Waals surface area contributed by atoms with Gasteiger partial charge < -0.3 is 0 Å². The normalized spacial score (nSPS) is 10.2. The molecular weight excluding hydrogens is 238 g/mol. The molecule has 0 heterocycles. The van der Waals surface area contributed by atoms with Gasteiger partial charge in [0.05, 0.1) is 0 Å². The molecular formula is C7H8O2PZr+. The molecule has 1 rings (SSSR count). The molecule has 0 aliphatic heterocycles. The van der Waals surface area contributed by atoms with Crippen molar-refractivity contribution in [3.63, 3.8) is 0 Å². The molecule has 0 saturated heterocycles. The Hall–Kier alpha value is 0.163. The van der Waals surface area contributed by atoms with Crippen molar-refractivity contribution in [2.75, 3.05) is 0 Å². The Labute approximate surface area is 85.6 Å². The largest absolute Gasteiger partial charge is 0.546 e. The van der Waals surface area contributed by atoms with Gasteiger partial charge in [0, 0.05) is 31.8 Å². The van der Waals surface area contributed by atoms with Gasteiger partial charge >= 0.3 is 8.03 Å². The van der Waals surface area contributed by atoms with Crippen LogP contribution in [0, 0.1) is 6.92 Å². The Bertz CT molecular complexity index is 262. The van der Waals surface area contributed by atoms with E-state index in [4.69, 9.17) is 4.89 Å². The van der Waals surface area contributed by atoms with Crippen LogP contribution in [-0.4, -0.2) is 4.89 Å². The molecule has 1 aromatic rings. The molecule has 56 valence electrons. The summed E-state index contributed by atoms with van der Waals surface area (Å²) in [6.07, 6.45) is 0. The van der Waals surface area contributed by atoms with Crippen LogP contribution in [0.4, 0.5) is 0 Å². The molecule has 0 spiro atoms. The first-order chi connectivity index (χ1) is 4.72. The van der Waals surface area contributed by atoms with E-state index in [1.807, 2.05) is 19.1 Å². The van der Waals surface area contributed by atoms with Gasteiger partial charge in [-0.25, -0.2) is 0 Å². The van der Waals surface area contributed by atoms with Crippen molar-refractivity contribution in [1.29, 1.82) is 0 Å². The average molecular weight is 246 g/mol. The van der Waals surface area contributed by atoms with Crippen LogP contribution in [0.25, 0.3) is 0 Å². The first-order valence-corrected chi connectivity index (χ1v) is 4.15. The number of benzene rings is 1. The van der Waals surface area contributed by atoms with Crippen molar-refractivity contribution < 1.29 is 35.7 Å². The second kappa shape index (κ2) is 4.92. The molecule has 0 saturated carbocycles. The van der Waals surface area contributed by atoms with Crippen LogP contribution in [-0.2, 0) is 30.8 Å². The van der Waals surface area contributed by atoms with Crippen LogP contribution in [0.1, 0.15) is 5.56 Å². The van der Waals surface area contributed by atoms with E-state index in [2.05, 4.69) is 0 Å². The summed E-state index contributed by atoms with van der Waals surface area (Å²) in [5, 5.41) is 0.525. The Kier molecular flexibility index (Phi) is 5.00. The molecule has 1 aromatic carbocycles. The zero-order valence-corrected chi connectivity index (χ0v) is 9.46. The molecule has 0 aromatic heterocycles. The molecule has 0 aliphatic rings. The molecule has 0 aliphatic carbocycles. The number of hydrogen-bond acceptors (Lipinski definition) is 1. The van der Waals surface area contributed by atoms with Gasteiger partial charge in [-0.05, 0) is 17.6 Å². The minimum Gasteiger partial charge on any atom is -0.156 e. The van der Waals surface area contributed by atoms with Crippen LogP contribution in [0.2, 0.25) is 0 Å². The second-order valence-corrected chi connectivity index (χ2v) is 3.09. The van der Waals surface area contributed by atoms with E-state index in [0.717, 1.165) is 5.56 Å². The van der Waals surface area contributed by atoms with Gasteiger partial charge in [-0.1, -0.05) is 18.2 Å². The number of hydrogen-bond donors (Lipinski definition) is 1. The van der Waals surface area contributed by atoms with E-state index in [1.54, 1.807) is 12.1 Å². The third-order valence-electron chi connectivity index (χ3n) is 1.32. The van der Waals surface area contributed by atoms with Crippen molar-refractivity contribution in [1.82, 2.24) is 0 Å². The van der Waals surface area contributed by atoms with Crippen LogP contribution in [0.5, 0.6) is 0 Å². The minimum absolute atomic E-state index is 0. The molecule has 11 heavy (non-hydrogen) atoms. The summed E-state index contributed by atoms with van der Waals surface area (Å²) in [6.45, 7) is 1.82. The van der Waals surface area contributed by atoms with Gasteiger partial charge in [0.2, 0.25) is 5.30 Å². The second-order valence-electron chi connectivity index (χ2n) is 2.06. The van der Waals surface area contributed by atoms with Crippen molar-refractivity contribution in [2.45, 2.75) is 6.92 Å². The Morgan fingerprint density at radius 3 is 2.27 bits per heavy atom. The van der Waals surface area contributed by atoms with Gasteiger partial charge in [0.15, 0.2) is 0 Å². The van der Waals surface area contributed by atoms with E-state index in [1.165, 1.54) is 0 Å². The first kappa shape index (κ1) is 11.2. The van der Waals surface area contributed by atoms with Crippen molar-refractivity contribution in [3.8, 4) is 0 Å². The van der Waals surface area contributed by atoms with Gasteiger partial charge in [-0.3, -0.25) is 0 Å². The fourth-order valence-electron chi connectivity index (χ4n) is 0.778. The van der Waals surface area contributed by atoms with E-state index in [-0.39, 0.29) is 26.2 Å². The average Bonchev–Trinajstić information content (AvgIpc) is 1.88. The maximum Gasteiger partial charge on any atom is 0.546 e. The molecule has 0 radical (unpaired) electrons. The molecule has 4 heteroatoms. The Morgan fingerprint density at radius 1 is 1.36 bits per heavy atom. The summed E-state index contributed by atoms with van der Waals surface area (Å²) in [5.74, 6) is 0. The molecule has 1 unspecified atom stereocenters. The maximum absolute atomic E-state index is 10.6. The summed E-state index contributed by atoms with van der Waals surface area (Å²) in [6, 6.07) is 7.08. The predicted octanol–water partition coefficient (Wildman–Crippen LogP) is 1.35. The van der Waals surface area contributed by atoms with Crippen molar-refractivity contribution >= 4 is 13.3 Å². The summed E-state index contributed by atoms with van der Waals surface area (Å²) >= 11 is 0. The van der Waals surface area contributed by atoms with Crippen LogP contribution < -0.4 is 5.30 Å². The fourth-order valence-corrected chi connectivity index (χ4v) is 1.37. The standard InChI is InChI=1S/C7H7O2P.Zr/c1-6-4-2-3-5-7(6)10(8)9;/h2-5H,1H3;/p+1. The van der Waals surface area contributed by atoms with Crippen LogP contribution >= 0.6 is 8.03 Å². The quantitative estimate of drug-likeness (QED) is 0.760. The Balaban J connectivity index is 0.000001000. The van der Waals surface area contributed by atoms with Gasteiger partial charge in [-0.2, -0.15) is 4.89 Å². The first-order valence-electron chi connectivity index (χ1n) is 2.93. The van der Waals surface area contributed by atoms with E-state index in [9.17, 15) is 4.57 Å². The van der Waals surface area contributed by atoms with E-state index < -0.39 is 8.03 Å². The van der Waals surface area contributed by atoms with Crippen LogP contribution in [0.3, 0.4) is 0 Å². The van der Waals surface area contributed by atoms with Gasteiger partial charge in [0.1, 0.15) is 0 Å². The fraction of sp³-hybridized carbons (Fsp3) is 0.143. The molecule has 1 atom stereocenters. The Morgan fingerprint density at radius 2 is 1.91 bits per heavy atom. The van der Waals surface area contributed by atoms with Gasteiger partial charge in [-0.15, -0.1) is 0 Å². The molecule has 0 fully saturated rings. The maximum atomic E-state index is 10.6. The minimum atomic E-state index is -2.17. The molecule has 0 amide bonds. The number of rotatable bonds is 1. The van der Waals surface area contributed by atoms with E-state index >= 15 is 0 Å². The monoisotopic (exact) mass is 245 g/mol. The molecule has 1 N–H and O–H groups in total. The number of aryl methyl sites for hydroxylation is 1. The SMILES string of the molecule is Cc1ccccc1[P+](=O)O.[Zr]. The topological polar surface area (TPSA) is 37.3 Å². The zero-order chi connectivity index (χ0) is 7.56. The van der Waals surface area contributed by atoms with Crippen molar-refractivity contribution in [2.24, 2.45) is 0 Å². The summed E-state index contributed by atoms with van der Waals surface area (Å²) in [7, 11) is -2.17. The van der Waals surface area contributed by atoms with Gasteiger partial charge in [0.25, 0.3) is 0 Å². The predicted molar refractivity (Wildman–Crippen MR) is 40.6 cm³/mol. The molecule has 0 bridgehead atoms. The van der Waals surface area contributed by atoms with Crippen molar-refractivity contribution in [3.05, 3.63) is 29.8 Å². The smallest absolute Gasteiger partial charge is 0.156 e. The summed E-state index contributed by atoms with van der Waals surface area (Å²) in [4.78, 5) is 8.71. The molecule has 2 nitrogen and oxygen atoms in total.